The normalized spacial score (nSPS) is 11.7. The molecule has 0 fully saturated rings. The third-order valence-electron chi connectivity index (χ3n) is 14.7. The van der Waals surface area contributed by atoms with Crippen molar-refractivity contribution in [3.63, 3.8) is 0 Å². The molecule has 0 aliphatic rings. The fraction of sp³-hybridized carbons (Fsp3) is 0.569. The Balaban J connectivity index is 0.745. The van der Waals surface area contributed by atoms with Gasteiger partial charge in [-0.2, -0.15) is 0 Å². The highest BCUT2D eigenvalue weighted by Gasteiger charge is 2.17. The number of aryl methyl sites for hydroxylation is 2. The molecule has 76 heavy (non-hydrogen) atoms. The van der Waals surface area contributed by atoms with Crippen LogP contribution >= 0.6 is 0 Å². The lowest BCUT2D eigenvalue weighted by molar-refractivity contribution is 0.0945. The molecule has 0 aliphatic heterocycles. The summed E-state index contributed by atoms with van der Waals surface area (Å²) in [6.45, 7) is 19.9. The van der Waals surface area contributed by atoms with Crippen LogP contribution in [0.2, 0.25) is 0 Å². The molecule has 0 saturated carbocycles. The van der Waals surface area contributed by atoms with E-state index in [-0.39, 0.29) is 11.8 Å². The predicted octanol–water partition coefficient (Wildman–Crippen LogP) is 14.8. The third-order valence-corrected chi connectivity index (χ3v) is 14.7. The number of fused-ring (bicyclic) bond motifs is 2. The molecule has 0 bridgehead atoms. The lowest BCUT2D eigenvalue weighted by atomic mass is 10.1. The molecule has 11 heteroatoms. The molecule has 2 aromatic heterocycles. The van der Waals surface area contributed by atoms with Gasteiger partial charge in [0.15, 0.2) is 0 Å². The number of amides is 2. The highest BCUT2D eigenvalue weighted by atomic mass is 16.5. The minimum atomic E-state index is -0.0150. The van der Waals surface area contributed by atoms with Crippen LogP contribution in [0, 0.1) is 11.8 Å². The lowest BCUT2D eigenvalue weighted by Crippen LogP contribution is -2.24. The van der Waals surface area contributed by atoms with Gasteiger partial charge in [-0.1, -0.05) is 129 Å². The van der Waals surface area contributed by atoms with Crippen LogP contribution in [-0.2, 0) is 25.9 Å². The van der Waals surface area contributed by atoms with Gasteiger partial charge in [-0.15, -0.1) is 0 Å². The summed E-state index contributed by atoms with van der Waals surface area (Å²) in [5, 5.41) is 6.33. The topological polar surface area (TPSA) is 116 Å². The van der Waals surface area contributed by atoms with E-state index < -0.39 is 0 Å². The molecule has 0 unspecified atom stereocenters. The smallest absolute Gasteiger partial charge is 0.251 e. The molecule has 2 N–H and O–H groups in total. The zero-order chi connectivity index (χ0) is 53.9. The molecule has 6 aromatic rings. The summed E-state index contributed by atoms with van der Waals surface area (Å²) in [4.78, 5) is 38.9. The van der Waals surface area contributed by atoms with Crippen LogP contribution in [0.15, 0.2) is 84.9 Å². The Labute approximate surface area is 457 Å². The Kier molecular flexibility index (Phi) is 25.7. The first-order chi connectivity index (χ1) is 37.0. The Hall–Kier alpha value is -5.68. The third kappa shape index (κ3) is 20.0. The minimum absolute atomic E-state index is 0.0150. The molecule has 6 rings (SSSR count). The summed E-state index contributed by atoms with van der Waals surface area (Å²) in [7, 11) is 2.28. The molecule has 4 aromatic carbocycles. The first kappa shape index (κ1) is 59.6. The van der Waals surface area contributed by atoms with Crippen molar-refractivity contribution < 1.29 is 19.1 Å². The number of hydrogen-bond acceptors (Lipinski definition) is 7. The van der Waals surface area contributed by atoms with Crippen LogP contribution in [0.25, 0.3) is 22.1 Å². The van der Waals surface area contributed by atoms with Crippen LogP contribution in [0.5, 0.6) is 11.5 Å². The molecule has 0 aliphatic carbocycles. The summed E-state index contributed by atoms with van der Waals surface area (Å²) < 4.78 is 16.0. The van der Waals surface area contributed by atoms with Crippen molar-refractivity contribution in [3.05, 3.63) is 119 Å². The summed E-state index contributed by atoms with van der Waals surface area (Å²) in [6.07, 6.45) is 23.3. The van der Waals surface area contributed by atoms with Crippen molar-refractivity contribution in [2.24, 2.45) is 11.8 Å². The van der Waals surface area contributed by atoms with Crippen LogP contribution in [0.3, 0.4) is 0 Å². The van der Waals surface area contributed by atoms with Gasteiger partial charge in [-0.3, -0.25) is 9.59 Å². The fourth-order valence-electron chi connectivity index (χ4n) is 10.1. The molecule has 414 valence electrons. The molecule has 0 atom stereocenters. The molecule has 2 heterocycles. The second kappa shape index (κ2) is 32.8. The zero-order valence-corrected chi connectivity index (χ0v) is 47.9. The van der Waals surface area contributed by atoms with Gasteiger partial charge < -0.3 is 34.1 Å². The summed E-state index contributed by atoms with van der Waals surface area (Å²) in [5.41, 5.74) is 7.69. The molecule has 2 amide bonds. The van der Waals surface area contributed by atoms with Gasteiger partial charge in [0.1, 0.15) is 23.1 Å². The predicted molar refractivity (Wildman–Crippen MR) is 315 cm³/mol. The highest BCUT2D eigenvalue weighted by Crippen LogP contribution is 2.25. The molecule has 11 nitrogen and oxygen atoms in total. The molecule has 0 saturated heterocycles. The maximum atomic E-state index is 13.2. The SMILES string of the molecule is CCOc1ccc(Cc2nc3cc(C(=O)NCCCCCCCCCCN(C)CCCCCCCCCCNC(=O)c4ccc5c(c4)nc(Cc4ccc(OCC)cc4)n5CCC(C)C)ccc3n2CCC(C)C)cc1. The van der Waals surface area contributed by atoms with Crippen molar-refractivity contribution in [3.8, 4) is 11.5 Å². The van der Waals surface area contributed by atoms with Gasteiger partial charge >= 0.3 is 0 Å². The number of benzene rings is 4. The number of rotatable bonds is 38. The van der Waals surface area contributed by atoms with Crippen LogP contribution in [0.1, 0.15) is 201 Å². The van der Waals surface area contributed by atoms with E-state index in [0.717, 1.165) is 110 Å². The molecule has 0 spiro atoms. The van der Waals surface area contributed by atoms with Gasteiger partial charge in [0, 0.05) is 50.1 Å². The van der Waals surface area contributed by atoms with E-state index in [0.29, 0.717) is 49.3 Å². The largest absolute Gasteiger partial charge is 0.494 e. The van der Waals surface area contributed by atoms with Crippen molar-refractivity contribution in [1.29, 1.82) is 0 Å². The van der Waals surface area contributed by atoms with Crippen molar-refractivity contribution in [2.45, 2.75) is 183 Å². The number of aromatic nitrogens is 4. The minimum Gasteiger partial charge on any atom is -0.494 e. The first-order valence-electron chi connectivity index (χ1n) is 29.7. The average Bonchev–Trinajstić information content (AvgIpc) is 3.95. The number of carbonyl (C=O) groups is 2. The number of nitrogens with one attached hydrogen (secondary N) is 2. The second-order valence-electron chi connectivity index (χ2n) is 22.1. The standard InChI is InChI=1S/C65H95N7O4/c1-8-75-56-32-26-52(27-33-56)46-62-68-58-48-54(30-36-60(58)71(62)44-38-50(3)4)64(73)66-40-22-18-14-10-12-16-20-24-42-70(7)43-25-21-17-13-11-15-19-23-41-67-65(74)55-31-37-61-59(49-55)69-63(72(61)45-39-51(5)6)47-53-28-34-57(35-29-53)76-9-2/h26-37,48-51H,8-25,38-47H2,1-7H3,(H,66,73)(H,67,74). The van der Waals surface area contributed by atoms with Gasteiger partial charge in [-0.05, 0) is 156 Å². The van der Waals surface area contributed by atoms with E-state index in [1.54, 1.807) is 0 Å². The summed E-state index contributed by atoms with van der Waals surface area (Å²) in [5.74, 6) is 4.98. The van der Waals surface area contributed by atoms with Gasteiger partial charge in [0.05, 0.1) is 35.3 Å². The number of ether oxygens (including phenoxy) is 2. The van der Waals surface area contributed by atoms with Crippen molar-refractivity contribution in [1.82, 2.24) is 34.6 Å². The summed E-state index contributed by atoms with van der Waals surface area (Å²) in [6, 6.07) is 28.6. The van der Waals surface area contributed by atoms with E-state index >= 15 is 0 Å². The maximum Gasteiger partial charge on any atom is 0.251 e. The summed E-state index contributed by atoms with van der Waals surface area (Å²) >= 11 is 0. The Morgan fingerprint density at radius 3 is 1.21 bits per heavy atom. The van der Waals surface area contributed by atoms with Crippen LogP contribution < -0.4 is 20.1 Å². The van der Waals surface area contributed by atoms with Gasteiger partial charge in [0.2, 0.25) is 0 Å². The molecule has 0 radical (unpaired) electrons. The van der Waals surface area contributed by atoms with Gasteiger partial charge in [0.25, 0.3) is 11.8 Å². The van der Waals surface area contributed by atoms with Crippen LogP contribution in [-0.4, -0.2) is 82.3 Å². The van der Waals surface area contributed by atoms with Crippen molar-refractivity contribution in [2.75, 3.05) is 46.4 Å². The monoisotopic (exact) mass is 1040 g/mol. The lowest BCUT2D eigenvalue weighted by Gasteiger charge is -2.16. The average molecular weight is 1040 g/mol. The Morgan fingerprint density at radius 1 is 0.500 bits per heavy atom. The first-order valence-corrected chi connectivity index (χ1v) is 29.7. The number of imidazole rings is 2. The second-order valence-corrected chi connectivity index (χ2v) is 22.1. The quantitative estimate of drug-likeness (QED) is 0.0371. The fourth-order valence-corrected chi connectivity index (χ4v) is 10.1. The molecular weight excluding hydrogens is 943 g/mol. The van der Waals surface area contributed by atoms with E-state index in [2.05, 4.69) is 95.8 Å². The van der Waals surface area contributed by atoms with E-state index in [4.69, 9.17) is 19.4 Å². The van der Waals surface area contributed by atoms with Crippen LogP contribution in [0.4, 0.5) is 0 Å². The number of hydrogen-bond donors (Lipinski definition) is 2. The van der Waals surface area contributed by atoms with Crippen molar-refractivity contribution >= 4 is 33.9 Å². The maximum absolute atomic E-state index is 13.2. The van der Waals surface area contributed by atoms with Gasteiger partial charge in [-0.25, -0.2) is 9.97 Å². The zero-order valence-electron chi connectivity index (χ0n) is 47.9. The number of carbonyl (C=O) groups excluding carboxylic acids is 2. The molecular formula is C65H95N7O4. The van der Waals surface area contributed by atoms with E-state index in [9.17, 15) is 9.59 Å². The Bertz CT molecular complexity index is 2440. The number of nitrogens with zero attached hydrogens (tertiary/aromatic N) is 5. The highest BCUT2D eigenvalue weighted by molar-refractivity contribution is 5.98. The number of unbranched alkanes of at least 4 members (excludes halogenated alkanes) is 14. The Morgan fingerprint density at radius 2 is 0.855 bits per heavy atom. The van der Waals surface area contributed by atoms with E-state index in [1.165, 1.54) is 101 Å². The van der Waals surface area contributed by atoms with E-state index in [1.807, 2.05) is 62.4 Å².